The van der Waals surface area contributed by atoms with Crippen molar-refractivity contribution < 1.29 is 0 Å². The van der Waals surface area contributed by atoms with E-state index >= 15 is 0 Å². The van der Waals surface area contributed by atoms with Crippen LogP contribution in [0.3, 0.4) is 0 Å². The molecule has 1 heterocycles. The van der Waals surface area contributed by atoms with Gasteiger partial charge in [0.2, 0.25) is 0 Å². The van der Waals surface area contributed by atoms with Gasteiger partial charge in [-0.15, -0.1) is 24.0 Å². The minimum atomic E-state index is 0. The predicted octanol–water partition coefficient (Wildman–Crippen LogP) is 2.16. The molecule has 0 aliphatic heterocycles. The highest BCUT2D eigenvalue weighted by atomic mass is 127. The number of guanidine groups is 1. The van der Waals surface area contributed by atoms with Gasteiger partial charge in [-0.05, 0) is 31.4 Å². The Kier molecular flexibility index (Phi) is 6.38. The summed E-state index contributed by atoms with van der Waals surface area (Å²) < 4.78 is 0. The van der Waals surface area contributed by atoms with E-state index in [9.17, 15) is 0 Å². The Balaban J connectivity index is 0.00000162. The smallest absolute Gasteiger partial charge is 0.191 e. The third-order valence-corrected chi connectivity index (χ3v) is 2.90. The molecule has 1 fully saturated rings. The summed E-state index contributed by atoms with van der Waals surface area (Å²) in [6.07, 6.45) is 3.04. The molecule has 2 N–H and O–H groups in total. The molecule has 5 heteroatoms. The fourth-order valence-electron chi connectivity index (χ4n) is 1.67. The molecule has 2 unspecified atom stereocenters. The highest BCUT2D eigenvalue weighted by molar-refractivity contribution is 14.0. The van der Waals surface area contributed by atoms with Crippen LogP contribution in [0.2, 0.25) is 0 Å². The largest absolute Gasteiger partial charge is 0.357 e. The lowest BCUT2D eigenvalue weighted by atomic mass is 10.3. The molecule has 2 atom stereocenters. The molecule has 0 spiro atoms. The van der Waals surface area contributed by atoms with E-state index in [1.807, 2.05) is 18.2 Å². The molecule has 1 aliphatic rings. The number of hydrogen-bond donors (Lipinski definition) is 2. The van der Waals surface area contributed by atoms with Crippen molar-refractivity contribution in [1.29, 1.82) is 0 Å². The molecule has 1 aliphatic carbocycles. The summed E-state index contributed by atoms with van der Waals surface area (Å²) in [5.41, 5.74) is 0.994. The Morgan fingerprint density at radius 2 is 2.28 bits per heavy atom. The van der Waals surface area contributed by atoms with Crippen molar-refractivity contribution in [2.24, 2.45) is 10.9 Å². The molecule has 1 aromatic heterocycles. The Morgan fingerprint density at radius 3 is 2.83 bits per heavy atom. The number of aromatic nitrogens is 1. The van der Waals surface area contributed by atoms with Crippen LogP contribution in [0.25, 0.3) is 0 Å². The second-order valence-electron chi connectivity index (χ2n) is 4.48. The van der Waals surface area contributed by atoms with Gasteiger partial charge < -0.3 is 10.6 Å². The maximum atomic E-state index is 4.53. The standard InChI is InChI=1S/C13H20N4.HI/c1-3-14-13(17-12-8-10(12)2)16-9-11-6-4-5-7-15-11;/h4-7,10,12H,3,8-9H2,1-2H3,(H2,14,16,17);1H. The zero-order valence-electron chi connectivity index (χ0n) is 10.9. The van der Waals surface area contributed by atoms with Gasteiger partial charge in [0.05, 0.1) is 12.2 Å². The number of nitrogens with one attached hydrogen (secondary N) is 2. The van der Waals surface area contributed by atoms with E-state index in [4.69, 9.17) is 0 Å². The molecular formula is C13H21IN4. The average Bonchev–Trinajstić information content (AvgIpc) is 3.04. The van der Waals surface area contributed by atoms with Crippen molar-refractivity contribution >= 4 is 29.9 Å². The first-order valence-electron chi connectivity index (χ1n) is 6.24. The van der Waals surface area contributed by atoms with Crippen molar-refractivity contribution in [2.75, 3.05) is 6.54 Å². The normalized spacial score (nSPS) is 22.0. The summed E-state index contributed by atoms with van der Waals surface area (Å²) in [4.78, 5) is 8.79. The Labute approximate surface area is 126 Å². The summed E-state index contributed by atoms with van der Waals surface area (Å²) in [5, 5.41) is 6.68. The van der Waals surface area contributed by atoms with Gasteiger partial charge in [-0.1, -0.05) is 13.0 Å². The summed E-state index contributed by atoms with van der Waals surface area (Å²) in [6.45, 7) is 5.83. The fourth-order valence-corrected chi connectivity index (χ4v) is 1.67. The number of halogens is 1. The van der Waals surface area contributed by atoms with E-state index in [1.165, 1.54) is 6.42 Å². The Hall–Kier alpha value is -0.850. The van der Waals surface area contributed by atoms with Gasteiger partial charge in [0.25, 0.3) is 0 Å². The zero-order valence-corrected chi connectivity index (χ0v) is 13.2. The number of nitrogens with zero attached hydrogens (tertiary/aromatic N) is 2. The van der Waals surface area contributed by atoms with Crippen LogP contribution in [0.4, 0.5) is 0 Å². The van der Waals surface area contributed by atoms with E-state index in [0.29, 0.717) is 12.6 Å². The summed E-state index contributed by atoms with van der Waals surface area (Å²) in [7, 11) is 0. The lowest BCUT2D eigenvalue weighted by Gasteiger charge is -2.10. The lowest BCUT2D eigenvalue weighted by molar-refractivity contribution is 0.765. The van der Waals surface area contributed by atoms with Gasteiger partial charge in [0.15, 0.2) is 5.96 Å². The molecule has 4 nitrogen and oxygen atoms in total. The van der Waals surface area contributed by atoms with Crippen LogP contribution >= 0.6 is 24.0 Å². The minimum absolute atomic E-state index is 0. The SMILES string of the molecule is CCNC(=NCc1ccccn1)NC1CC1C.I. The third kappa shape index (κ3) is 4.80. The molecule has 0 aromatic carbocycles. The molecule has 100 valence electrons. The van der Waals surface area contributed by atoms with Gasteiger partial charge in [0.1, 0.15) is 0 Å². The molecule has 18 heavy (non-hydrogen) atoms. The van der Waals surface area contributed by atoms with Crippen LogP contribution in [-0.2, 0) is 6.54 Å². The predicted molar refractivity (Wildman–Crippen MR) is 85.2 cm³/mol. The zero-order chi connectivity index (χ0) is 12.1. The number of rotatable bonds is 4. The number of pyridine rings is 1. The van der Waals surface area contributed by atoms with Crippen molar-refractivity contribution in [1.82, 2.24) is 15.6 Å². The summed E-state index contributed by atoms with van der Waals surface area (Å²) >= 11 is 0. The molecule has 1 aromatic rings. The monoisotopic (exact) mass is 360 g/mol. The maximum Gasteiger partial charge on any atom is 0.191 e. The second kappa shape index (κ2) is 7.56. The van der Waals surface area contributed by atoms with Crippen molar-refractivity contribution in [3.05, 3.63) is 30.1 Å². The minimum Gasteiger partial charge on any atom is -0.357 e. The van der Waals surface area contributed by atoms with Gasteiger partial charge in [-0.3, -0.25) is 4.98 Å². The molecule has 2 rings (SSSR count). The van der Waals surface area contributed by atoms with E-state index in [1.54, 1.807) is 6.20 Å². The molecule has 0 saturated heterocycles. The van der Waals surface area contributed by atoms with E-state index in [-0.39, 0.29) is 24.0 Å². The van der Waals surface area contributed by atoms with Crippen LogP contribution < -0.4 is 10.6 Å². The first-order chi connectivity index (χ1) is 8.29. The van der Waals surface area contributed by atoms with E-state index < -0.39 is 0 Å². The van der Waals surface area contributed by atoms with Gasteiger partial charge in [-0.25, -0.2) is 4.99 Å². The molecule has 0 amide bonds. The van der Waals surface area contributed by atoms with E-state index in [2.05, 4.69) is 34.5 Å². The van der Waals surface area contributed by atoms with Crippen LogP contribution in [0.5, 0.6) is 0 Å². The first-order valence-corrected chi connectivity index (χ1v) is 6.24. The molecule has 0 radical (unpaired) electrons. The van der Waals surface area contributed by atoms with Crippen LogP contribution in [0.15, 0.2) is 29.4 Å². The lowest BCUT2D eigenvalue weighted by Crippen LogP contribution is -2.39. The second-order valence-corrected chi connectivity index (χ2v) is 4.48. The number of aliphatic imine (C=N–C) groups is 1. The first kappa shape index (κ1) is 15.2. The molecule has 1 saturated carbocycles. The van der Waals surface area contributed by atoms with Crippen molar-refractivity contribution in [3.8, 4) is 0 Å². The van der Waals surface area contributed by atoms with Gasteiger partial charge in [0, 0.05) is 18.8 Å². The molecule has 0 bridgehead atoms. The third-order valence-electron chi connectivity index (χ3n) is 2.90. The van der Waals surface area contributed by atoms with Gasteiger partial charge in [-0.2, -0.15) is 0 Å². The summed E-state index contributed by atoms with van der Waals surface area (Å²) in [6, 6.07) is 6.49. The van der Waals surface area contributed by atoms with Gasteiger partial charge >= 0.3 is 0 Å². The van der Waals surface area contributed by atoms with Crippen molar-refractivity contribution in [3.63, 3.8) is 0 Å². The Bertz CT molecular complexity index is 380. The van der Waals surface area contributed by atoms with Crippen LogP contribution in [-0.4, -0.2) is 23.5 Å². The highest BCUT2D eigenvalue weighted by Crippen LogP contribution is 2.28. The maximum absolute atomic E-state index is 4.53. The molecular weight excluding hydrogens is 339 g/mol. The fraction of sp³-hybridized carbons (Fsp3) is 0.538. The van der Waals surface area contributed by atoms with Crippen LogP contribution in [0, 0.1) is 5.92 Å². The Morgan fingerprint density at radius 1 is 1.50 bits per heavy atom. The number of hydrogen-bond acceptors (Lipinski definition) is 2. The van der Waals surface area contributed by atoms with Crippen molar-refractivity contribution in [2.45, 2.75) is 32.9 Å². The topological polar surface area (TPSA) is 49.3 Å². The highest BCUT2D eigenvalue weighted by Gasteiger charge is 2.33. The van der Waals surface area contributed by atoms with E-state index in [0.717, 1.165) is 24.1 Å². The summed E-state index contributed by atoms with van der Waals surface area (Å²) in [5.74, 6) is 1.67. The quantitative estimate of drug-likeness (QED) is 0.492. The van der Waals surface area contributed by atoms with Crippen LogP contribution in [0.1, 0.15) is 26.0 Å². The average molecular weight is 360 g/mol.